The summed E-state index contributed by atoms with van der Waals surface area (Å²) in [4.78, 5) is 4.41. The molecule has 0 unspecified atom stereocenters. The first-order valence-corrected chi connectivity index (χ1v) is 7.40. The Morgan fingerprint density at radius 3 is 2.72 bits per heavy atom. The Bertz CT molecular complexity index is 362. The van der Waals surface area contributed by atoms with Crippen LogP contribution in [0.2, 0.25) is 0 Å². The van der Waals surface area contributed by atoms with E-state index in [0.717, 1.165) is 25.0 Å². The fourth-order valence-corrected chi connectivity index (χ4v) is 3.44. The molecule has 1 saturated carbocycles. The first-order chi connectivity index (χ1) is 8.65. The topological polar surface area (TPSA) is 29.9 Å². The first-order valence-electron chi connectivity index (χ1n) is 7.40. The van der Waals surface area contributed by atoms with Crippen molar-refractivity contribution in [3.63, 3.8) is 0 Å². The molecule has 102 valence electrons. The summed E-state index contributed by atoms with van der Waals surface area (Å²) >= 11 is 0. The molecule has 1 N–H and O–H groups in total. The number of hydrogen-bond donors (Lipinski definition) is 1. The Hall–Kier alpha value is -0.990. The number of aromatic nitrogens is 2. The maximum Gasteiger partial charge on any atom is 0.202 e. The van der Waals surface area contributed by atoms with Gasteiger partial charge in [0, 0.05) is 25.5 Å². The van der Waals surface area contributed by atoms with Crippen LogP contribution in [0.4, 0.5) is 5.95 Å². The van der Waals surface area contributed by atoms with Gasteiger partial charge in [-0.25, -0.2) is 4.98 Å². The molecule has 2 rings (SSSR count). The lowest BCUT2D eigenvalue weighted by Gasteiger charge is -2.31. The summed E-state index contributed by atoms with van der Waals surface area (Å²) in [6.07, 6.45) is 10.8. The Kier molecular flexibility index (Phi) is 4.31. The molecule has 0 saturated heterocycles. The van der Waals surface area contributed by atoms with Crippen LogP contribution in [0.1, 0.15) is 52.9 Å². The third kappa shape index (κ3) is 3.06. The Balaban J connectivity index is 1.97. The SMILES string of the molecule is CCn1ccnc1NCC1(CC(C)C)CCCC1. The van der Waals surface area contributed by atoms with Crippen molar-refractivity contribution in [2.24, 2.45) is 11.3 Å². The number of rotatable bonds is 6. The van der Waals surface area contributed by atoms with Crippen LogP contribution in [0, 0.1) is 11.3 Å². The van der Waals surface area contributed by atoms with E-state index in [-0.39, 0.29) is 0 Å². The largest absolute Gasteiger partial charge is 0.355 e. The molecule has 0 atom stereocenters. The number of aryl methyl sites for hydroxylation is 1. The van der Waals surface area contributed by atoms with Crippen molar-refractivity contribution in [1.82, 2.24) is 9.55 Å². The van der Waals surface area contributed by atoms with E-state index in [0.29, 0.717) is 5.41 Å². The average molecular weight is 249 g/mol. The van der Waals surface area contributed by atoms with E-state index in [1.165, 1.54) is 32.1 Å². The zero-order valence-corrected chi connectivity index (χ0v) is 12.1. The molecule has 0 spiro atoms. The van der Waals surface area contributed by atoms with Crippen molar-refractivity contribution in [3.8, 4) is 0 Å². The van der Waals surface area contributed by atoms with Gasteiger partial charge in [0.05, 0.1) is 0 Å². The van der Waals surface area contributed by atoms with E-state index in [4.69, 9.17) is 0 Å². The number of anilines is 1. The van der Waals surface area contributed by atoms with E-state index in [9.17, 15) is 0 Å². The van der Waals surface area contributed by atoms with Gasteiger partial charge < -0.3 is 9.88 Å². The van der Waals surface area contributed by atoms with Crippen LogP contribution >= 0.6 is 0 Å². The first kappa shape index (κ1) is 13.4. The van der Waals surface area contributed by atoms with Crippen molar-refractivity contribution < 1.29 is 0 Å². The maximum absolute atomic E-state index is 4.41. The van der Waals surface area contributed by atoms with Crippen LogP contribution < -0.4 is 5.32 Å². The molecule has 1 aliphatic rings. The summed E-state index contributed by atoms with van der Waals surface area (Å²) in [6, 6.07) is 0. The molecule has 0 amide bonds. The fourth-order valence-electron chi connectivity index (χ4n) is 3.44. The predicted molar refractivity (Wildman–Crippen MR) is 76.7 cm³/mol. The van der Waals surface area contributed by atoms with Crippen LogP contribution in [0.5, 0.6) is 0 Å². The Morgan fingerprint density at radius 2 is 2.11 bits per heavy atom. The molecule has 0 aliphatic heterocycles. The minimum atomic E-state index is 0.513. The van der Waals surface area contributed by atoms with Gasteiger partial charge in [-0.2, -0.15) is 0 Å². The average Bonchev–Trinajstić information content (AvgIpc) is 2.94. The summed E-state index contributed by atoms with van der Waals surface area (Å²) in [5.41, 5.74) is 0.513. The summed E-state index contributed by atoms with van der Waals surface area (Å²) in [5.74, 6) is 1.82. The van der Waals surface area contributed by atoms with Crippen LogP contribution in [-0.4, -0.2) is 16.1 Å². The Morgan fingerprint density at radius 1 is 1.39 bits per heavy atom. The van der Waals surface area contributed by atoms with Crippen LogP contribution in [0.25, 0.3) is 0 Å². The minimum Gasteiger partial charge on any atom is -0.355 e. The molecule has 0 bridgehead atoms. The molecule has 1 aromatic rings. The van der Waals surface area contributed by atoms with Crippen LogP contribution in [0.3, 0.4) is 0 Å². The zero-order valence-electron chi connectivity index (χ0n) is 12.1. The number of nitrogens with one attached hydrogen (secondary N) is 1. The second-order valence-corrected chi connectivity index (χ2v) is 6.20. The molecule has 3 nitrogen and oxygen atoms in total. The van der Waals surface area contributed by atoms with Gasteiger partial charge in [0.25, 0.3) is 0 Å². The van der Waals surface area contributed by atoms with Crippen molar-refractivity contribution in [2.75, 3.05) is 11.9 Å². The van der Waals surface area contributed by atoms with Gasteiger partial charge in [-0.05, 0) is 37.5 Å². The number of nitrogens with zero attached hydrogens (tertiary/aromatic N) is 2. The third-order valence-corrected chi connectivity index (χ3v) is 4.18. The van der Waals surface area contributed by atoms with E-state index >= 15 is 0 Å². The van der Waals surface area contributed by atoms with E-state index in [1.54, 1.807) is 0 Å². The summed E-state index contributed by atoms with van der Waals surface area (Å²) in [7, 11) is 0. The summed E-state index contributed by atoms with van der Waals surface area (Å²) in [6.45, 7) is 8.91. The van der Waals surface area contributed by atoms with Gasteiger partial charge in [-0.1, -0.05) is 26.7 Å². The lowest BCUT2D eigenvalue weighted by Crippen LogP contribution is -2.29. The summed E-state index contributed by atoms with van der Waals surface area (Å²) < 4.78 is 2.18. The molecule has 1 aromatic heterocycles. The molecule has 1 aliphatic carbocycles. The minimum absolute atomic E-state index is 0.513. The van der Waals surface area contributed by atoms with Gasteiger partial charge in [0.2, 0.25) is 5.95 Å². The molecule has 1 fully saturated rings. The zero-order chi connectivity index (χ0) is 13.0. The number of hydrogen-bond acceptors (Lipinski definition) is 2. The van der Waals surface area contributed by atoms with Gasteiger partial charge >= 0.3 is 0 Å². The van der Waals surface area contributed by atoms with Crippen molar-refractivity contribution in [3.05, 3.63) is 12.4 Å². The Labute approximate surface area is 111 Å². The predicted octanol–water partition coefficient (Wildman–Crippen LogP) is 3.92. The highest BCUT2D eigenvalue weighted by Crippen LogP contribution is 2.43. The van der Waals surface area contributed by atoms with Crippen LogP contribution in [-0.2, 0) is 6.54 Å². The standard InChI is InChI=1S/C15H27N3/c1-4-18-10-9-16-14(18)17-12-15(11-13(2)3)7-5-6-8-15/h9-10,13H,4-8,11-12H2,1-3H3,(H,16,17). The second kappa shape index (κ2) is 5.77. The fraction of sp³-hybridized carbons (Fsp3) is 0.800. The molecule has 18 heavy (non-hydrogen) atoms. The van der Waals surface area contributed by atoms with E-state index in [1.807, 2.05) is 12.4 Å². The van der Waals surface area contributed by atoms with E-state index < -0.39 is 0 Å². The normalized spacial score (nSPS) is 18.4. The smallest absolute Gasteiger partial charge is 0.202 e. The molecule has 1 heterocycles. The molecule has 3 heteroatoms. The number of imidazole rings is 1. The highest BCUT2D eigenvalue weighted by Gasteiger charge is 2.34. The van der Waals surface area contributed by atoms with Crippen molar-refractivity contribution >= 4 is 5.95 Å². The lowest BCUT2D eigenvalue weighted by molar-refractivity contribution is 0.252. The highest BCUT2D eigenvalue weighted by molar-refractivity contribution is 5.26. The van der Waals surface area contributed by atoms with Crippen molar-refractivity contribution in [2.45, 2.75) is 59.4 Å². The van der Waals surface area contributed by atoms with Crippen LogP contribution in [0.15, 0.2) is 12.4 Å². The summed E-state index contributed by atoms with van der Waals surface area (Å²) in [5, 5.41) is 3.58. The van der Waals surface area contributed by atoms with Gasteiger partial charge in [-0.3, -0.25) is 0 Å². The quantitative estimate of drug-likeness (QED) is 0.828. The highest BCUT2D eigenvalue weighted by atomic mass is 15.2. The van der Waals surface area contributed by atoms with E-state index in [2.05, 4.69) is 35.6 Å². The van der Waals surface area contributed by atoms with Crippen molar-refractivity contribution in [1.29, 1.82) is 0 Å². The molecular formula is C15H27N3. The lowest BCUT2D eigenvalue weighted by atomic mass is 9.78. The van der Waals surface area contributed by atoms with Gasteiger partial charge in [0.1, 0.15) is 0 Å². The second-order valence-electron chi connectivity index (χ2n) is 6.20. The van der Waals surface area contributed by atoms with Gasteiger partial charge in [-0.15, -0.1) is 0 Å². The molecule has 0 aromatic carbocycles. The molecule has 0 radical (unpaired) electrons. The third-order valence-electron chi connectivity index (χ3n) is 4.18. The van der Waals surface area contributed by atoms with Gasteiger partial charge in [0.15, 0.2) is 0 Å². The molecular weight excluding hydrogens is 222 g/mol. The maximum atomic E-state index is 4.41. The monoisotopic (exact) mass is 249 g/mol.